The van der Waals surface area contributed by atoms with E-state index >= 15 is 0 Å². The highest BCUT2D eigenvalue weighted by Gasteiger charge is 2.26. The molecule has 2 aromatic carbocycles. The zero-order valence-electron chi connectivity index (χ0n) is 18.8. The molecule has 4 rings (SSSR count). The van der Waals surface area contributed by atoms with Gasteiger partial charge in [-0.05, 0) is 49.7 Å². The van der Waals surface area contributed by atoms with Crippen molar-refractivity contribution < 1.29 is 9.59 Å². The second kappa shape index (κ2) is 9.96. The van der Waals surface area contributed by atoms with Crippen molar-refractivity contribution in [2.75, 3.05) is 30.3 Å². The number of aromatic nitrogens is 2. The minimum absolute atomic E-state index is 0.0111. The smallest absolute Gasteiger partial charge is 0.227 e. The molecule has 32 heavy (non-hydrogen) atoms. The molecule has 7 heteroatoms. The van der Waals surface area contributed by atoms with Crippen LogP contribution in [0.25, 0.3) is 11.0 Å². The van der Waals surface area contributed by atoms with Gasteiger partial charge in [-0.2, -0.15) is 0 Å². The van der Waals surface area contributed by atoms with E-state index in [0.29, 0.717) is 18.8 Å². The largest absolute Gasteiger partial charge is 0.326 e. The van der Waals surface area contributed by atoms with Gasteiger partial charge in [-0.3, -0.25) is 14.9 Å². The Bertz CT molecular complexity index is 1100. The second-order valence-corrected chi connectivity index (χ2v) is 8.24. The molecule has 1 aliphatic heterocycles. The third-order valence-corrected chi connectivity index (χ3v) is 6.27. The Hall–Kier alpha value is -3.19. The van der Waals surface area contributed by atoms with Crippen LogP contribution in [0, 0.1) is 5.92 Å². The summed E-state index contributed by atoms with van der Waals surface area (Å²) in [6.45, 7) is 7.91. The predicted molar refractivity (Wildman–Crippen MR) is 128 cm³/mol. The molecule has 0 aliphatic carbocycles. The summed E-state index contributed by atoms with van der Waals surface area (Å²) in [4.78, 5) is 32.2. The maximum atomic E-state index is 12.8. The summed E-state index contributed by atoms with van der Waals surface area (Å²) in [5, 5.41) is 5.95. The Labute approximate surface area is 188 Å². The lowest BCUT2D eigenvalue weighted by Crippen LogP contribution is -2.31. The van der Waals surface area contributed by atoms with E-state index in [1.807, 2.05) is 48.5 Å². The van der Waals surface area contributed by atoms with Gasteiger partial charge in [0.1, 0.15) is 0 Å². The molecule has 1 unspecified atom stereocenters. The number of amides is 2. The van der Waals surface area contributed by atoms with Crippen LogP contribution >= 0.6 is 0 Å². The first-order valence-corrected chi connectivity index (χ1v) is 11.4. The lowest BCUT2D eigenvalue weighted by Gasteiger charge is -2.24. The molecule has 2 N–H and O–H groups in total. The van der Waals surface area contributed by atoms with E-state index < -0.39 is 0 Å². The molecule has 0 spiro atoms. The highest BCUT2D eigenvalue weighted by molar-refractivity contribution is 5.96. The van der Waals surface area contributed by atoms with Crippen molar-refractivity contribution >= 4 is 34.5 Å². The molecular formula is C25H31N5O2. The van der Waals surface area contributed by atoms with Crippen LogP contribution in [0.1, 0.15) is 32.3 Å². The highest BCUT2D eigenvalue weighted by atomic mass is 16.2. The zero-order valence-corrected chi connectivity index (χ0v) is 18.8. The van der Waals surface area contributed by atoms with Crippen molar-refractivity contribution in [2.24, 2.45) is 5.92 Å². The molecule has 7 nitrogen and oxygen atoms in total. The number of hydrogen-bond acceptors (Lipinski definition) is 4. The summed E-state index contributed by atoms with van der Waals surface area (Å²) >= 11 is 0. The molecule has 0 saturated heterocycles. The van der Waals surface area contributed by atoms with Gasteiger partial charge in [-0.1, -0.05) is 44.2 Å². The van der Waals surface area contributed by atoms with Crippen LogP contribution < -0.4 is 10.6 Å². The van der Waals surface area contributed by atoms with Gasteiger partial charge in [0, 0.05) is 31.1 Å². The van der Waals surface area contributed by atoms with Crippen LogP contribution in [0.15, 0.2) is 48.5 Å². The van der Waals surface area contributed by atoms with Crippen LogP contribution in [0.3, 0.4) is 0 Å². The van der Waals surface area contributed by atoms with Gasteiger partial charge in [-0.25, -0.2) is 4.98 Å². The number of imidazole rings is 1. The van der Waals surface area contributed by atoms with Crippen molar-refractivity contribution in [3.05, 3.63) is 54.1 Å². The van der Waals surface area contributed by atoms with Crippen molar-refractivity contribution in [1.82, 2.24) is 14.5 Å². The Morgan fingerprint density at radius 2 is 1.91 bits per heavy atom. The molecule has 1 aliphatic rings. The number of para-hydroxylation sites is 3. The minimum Gasteiger partial charge on any atom is -0.326 e. The quantitative estimate of drug-likeness (QED) is 0.536. The molecule has 2 amide bonds. The van der Waals surface area contributed by atoms with Crippen molar-refractivity contribution in [3.8, 4) is 0 Å². The number of likely N-dealkylation sites (N-methyl/N-ethyl adjacent to an activating group) is 1. The van der Waals surface area contributed by atoms with E-state index in [-0.39, 0.29) is 24.2 Å². The van der Waals surface area contributed by atoms with E-state index in [2.05, 4.69) is 38.9 Å². The molecule has 1 aromatic heterocycles. The summed E-state index contributed by atoms with van der Waals surface area (Å²) < 4.78 is 2.08. The monoisotopic (exact) mass is 433 g/mol. The highest BCUT2D eigenvalue weighted by Crippen LogP contribution is 2.28. The minimum atomic E-state index is -0.197. The lowest BCUT2D eigenvalue weighted by atomic mass is 9.89. The normalized spacial score (nSPS) is 15.6. The van der Waals surface area contributed by atoms with Crippen LogP contribution in [0.2, 0.25) is 0 Å². The molecule has 0 saturated carbocycles. The maximum Gasteiger partial charge on any atom is 0.227 e. The number of carbonyl (C=O) groups excluding carboxylic acids is 2. The van der Waals surface area contributed by atoms with Gasteiger partial charge in [0.15, 0.2) is 0 Å². The second-order valence-electron chi connectivity index (χ2n) is 8.24. The third kappa shape index (κ3) is 4.83. The van der Waals surface area contributed by atoms with E-state index in [4.69, 9.17) is 0 Å². The fourth-order valence-electron chi connectivity index (χ4n) is 4.32. The lowest BCUT2D eigenvalue weighted by molar-refractivity contribution is -0.121. The molecular weight excluding hydrogens is 402 g/mol. The number of benzene rings is 2. The summed E-state index contributed by atoms with van der Waals surface area (Å²) in [6, 6.07) is 15.8. The molecule has 0 bridgehead atoms. The molecule has 0 fully saturated rings. The predicted octanol–water partition coefficient (Wildman–Crippen LogP) is 3.91. The first kappa shape index (κ1) is 22.0. The number of fused-ring (bicyclic) bond motifs is 2. The van der Waals surface area contributed by atoms with Gasteiger partial charge >= 0.3 is 0 Å². The molecule has 168 valence electrons. The topological polar surface area (TPSA) is 79.3 Å². The van der Waals surface area contributed by atoms with Crippen molar-refractivity contribution in [3.63, 3.8) is 0 Å². The van der Waals surface area contributed by atoms with E-state index in [1.54, 1.807) is 0 Å². The Morgan fingerprint density at radius 1 is 1.16 bits per heavy atom. The van der Waals surface area contributed by atoms with Crippen LogP contribution in [-0.4, -0.2) is 45.9 Å². The first-order chi connectivity index (χ1) is 15.6. The number of nitrogens with one attached hydrogen (secondary N) is 2. The van der Waals surface area contributed by atoms with Gasteiger partial charge in [0.2, 0.25) is 17.8 Å². The van der Waals surface area contributed by atoms with Crippen molar-refractivity contribution in [1.29, 1.82) is 0 Å². The summed E-state index contributed by atoms with van der Waals surface area (Å²) in [7, 11) is 0. The number of anilines is 2. The number of carbonyl (C=O) groups is 2. The fourth-order valence-corrected chi connectivity index (χ4v) is 4.32. The SMILES string of the molecule is CCN(CC)CCn1c(NC(=O)CCC2Cc3ccccc3NC2=O)nc2ccccc21. The van der Waals surface area contributed by atoms with Crippen LogP contribution in [0.5, 0.6) is 0 Å². The average molecular weight is 434 g/mol. The Kier molecular flexibility index (Phi) is 6.85. The fraction of sp³-hybridized carbons (Fsp3) is 0.400. The Morgan fingerprint density at radius 3 is 2.72 bits per heavy atom. The number of hydrogen-bond donors (Lipinski definition) is 2. The number of nitrogens with zero attached hydrogens (tertiary/aromatic N) is 3. The van der Waals surface area contributed by atoms with E-state index in [9.17, 15) is 9.59 Å². The average Bonchev–Trinajstić information content (AvgIpc) is 3.15. The van der Waals surface area contributed by atoms with E-state index in [0.717, 1.165) is 48.5 Å². The number of rotatable bonds is 9. The third-order valence-electron chi connectivity index (χ3n) is 6.27. The molecule has 3 aromatic rings. The molecule has 1 atom stereocenters. The zero-order chi connectivity index (χ0) is 22.5. The van der Waals surface area contributed by atoms with Gasteiger partial charge in [0.05, 0.1) is 11.0 Å². The van der Waals surface area contributed by atoms with Crippen molar-refractivity contribution in [2.45, 2.75) is 39.7 Å². The van der Waals surface area contributed by atoms with Crippen LogP contribution in [-0.2, 0) is 22.6 Å². The molecule has 2 heterocycles. The Balaban J connectivity index is 1.42. The summed E-state index contributed by atoms with van der Waals surface area (Å²) in [6.07, 6.45) is 1.45. The van der Waals surface area contributed by atoms with Gasteiger partial charge < -0.3 is 14.8 Å². The first-order valence-electron chi connectivity index (χ1n) is 11.4. The maximum absolute atomic E-state index is 12.8. The van der Waals surface area contributed by atoms with Crippen LogP contribution in [0.4, 0.5) is 11.6 Å². The summed E-state index contributed by atoms with van der Waals surface area (Å²) in [5.74, 6) is 0.248. The van der Waals surface area contributed by atoms with Gasteiger partial charge in [0.25, 0.3) is 0 Å². The summed E-state index contributed by atoms with van der Waals surface area (Å²) in [5.41, 5.74) is 3.87. The standard InChI is InChI=1S/C25H31N5O2/c1-3-29(4-2)15-16-30-22-12-8-7-11-21(22)27-25(30)28-23(31)14-13-19-17-18-9-5-6-10-20(18)26-24(19)32/h5-12,19H,3-4,13-17H2,1-2H3,(H,26,32)(H,27,28,31). The molecule has 0 radical (unpaired) electrons. The van der Waals surface area contributed by atoms with Gasteiger partial charge in [-0.15, -0.1) is 0 Å². The van der Waals surface area contributed by atoms with E-state index in [1.165, 1.54) is 0 Å².